The van der Waals surface area contributed by atoms with Gasteiger partial charge in [0.2, 0.25) is 0 Å². The Bertz CT molecular complexity index is 1210. The van der Waals surface area contributed by atoms with Crippen LogP contribution in [0.15, 0.2) is 53.5 Å². The molecule has 0 amide bonds. The number of benzene rings is 1. The Kier molecular flexibility index (Phi) is 5.90. The predicted octanol–water partition coefficient (Wildman–Crippen LogP) is 3.41. The van der Waals surface area contributed by atoms with E-state index in [9.17, 15) is 9.18 Å². The number of aromatic amines is 1. The monoisotopic (exact) mass is 453 g/mol. The average molecular weight is 454 g/mol. The zero-order valence-electron chi connectivity index (χ0n) is 18.7. The molecule has 0 atom stereocenters. The minimum absolute atomic E-state index is 0.255. The molecule has 1 aromatic carbocycles. The van der Waals surface area contributed by atoms with E-state index in [1.807, 2.05) is 37.3 Å². The van der Waals surface area contributed by atoms with E-state index < -0.39 is 5.67 Å². The van der Waals surface area contributed by atoms with Crippen LogP contribution in [0.5, 0.6) is 5.75 Å². The molecule has 1 fully saturated rings. The number of fused-ring (bicyclic) bond motifs is 2. The first kappa shape index (κ1) is 21.7. The minimum atomic E-state index is -1.18. The van der Waals surface area contributed by atoms with Gasteiger partial charge < -0.3 is 14.4 Å². The number of aromatic nitrogens is 3. The molecule has 0 spiro atoms. The number of likely N-dealkylation sites (tertiary alicyclic amines) is 1. The molecule has 33 heavy (non-hydrogen) atoms. The Hall–Kier alpha value is -3.17. The molecule has 5 rings (SSSR count). The number of hydrogen-bond acceptors (Lipinski definition) is 6. The lowest BCUT2D eigenvalue weighted by atomic mass is 9.93. The van der Waals surface area contributed by atoms with Crippen LogP contribution in [-0.2, 0) is 11.3 Å². The van der Waals surface area contributed by atoms with Gasteiger partial charge in [-0.3, -0.25) is 9.30 Å². The van der Waals surface area contributed by atoms with Gasteiger partial charge in [0.15, 0.2) is 5.65 Å². The highest BCUT2D eigenvalue weighted by Crippen LogP contribution is 2.37. The van der Waals surface area contributed by atoms with Gasteiger partial charge in [0.1, 0.15) is 18.0 Å². The molecule has 0 bridgehead atoms. The maximum atomic E-state index is 14.5. The number of piperidine rings is 1. The topological polar surface area (TPSA) is 75.1 Å². The molecule has 0 saturated carbocycles. The second kappa shape index (κ2) is 8.99. The highest BCUT2D eigenvalue weighted by Gasteiger charge is 2.31. The molecule has 0 radical (unpaired) electrons. The summed E-state index contributed by atoms with van der Waals surface area (Å²) in [5, 5.41) is 6.52. The number of allylic oxidation sites excluding steroid dienone is 2. The number of anilines is 2. The van der Waals surface area contributed by atoms with Crippen molar-refractivity contribution >= 4 is 17.0 Å². The number of rotatable bonds is 6. The van der Waals surface area contributed by atoms with E-state index in [0.717, 1.165) is 22.7 Å². The Morgan fingerprint density at radius 3 is 2.91 bits per heavy atom. The minimum Gasteiger partial charge on any atom is -0.490 e. The number of halogens is 1. The van der Waals surface area contributed by atoms with E-state index in [-0.39, 0.29) is 5.69 Å². The quantitative estimate of drug-likeness (QED) is 0.577. The van der Waals surface area contributed by atoms with Crippen molar-refractivity contribution in [1.82, 2.24) is 19.5 Å². The van der Waals surface area contributed by atoms with E-state index in [1.54, 1.807) is 18.3 Å². The van der Waals surface area contributed by atoms with E-state index in [4.69, 9.17) is 9.47 Å². The van der Waals surface area contributed by atoms with E-state index in [2.05, 4.69) is 20.0 Å². The van der Waals surface area contributed by atoms with Gasteiger partial charge in [-0.15, -0.1) is 0 Å². The molecule has 3 aromatic rings. The van der Waals surface area contributed by atoms with Gasteiger partial charge in [-0.05, 0) is 43.5 Å². The SMILES string of the molecule is C/C=C/C1(F)CCN(COCc2ccc3c(c2)OCCN3c2ccn3c(=O)[nH]nc3c2)CC1. The molecule has 8 nitrogen and oxygen atoms in total. The van der Waals surface area contributed by atoms with Gasteiger partial charge in [0, 0.05) is 31.0 Å². The Balaban J connectivity index is 1.22. The molecule has 2 aliphatic rings. The van der Waals surface area contributed by atoms with Gasteiger partial charge >= 0.3 is 5.69 Å². The number of ether oxygens (including phenoxy) is 2. The van der Waals surface area contributed by atoms with Crippen molar-refractivity contribution in [1.29, 1.82) is 0 Å². The van der Waals surface area contributed by atoms with Crippen LogP contribution in [0.1, 0.15) is 25.3 Å². The van der Waals surface area contributed by atoms with Crippen molar-refractivity contribution in [2.45, 2.75) is 32.0 Å². The maximum Gasteiger partial charge on any atom is 0.347 e. The molecule has 2 aromatic heterocycles. The van der Waals surface area contributed by atoms with Crippen LogP contribution < -0.4 is 15.3 Å². The Labute approximate surface area is 191 Å². The summed E-state index contributed by atoms with van der Waals surface area (Å²) in [5.74, 6) is 0.799. The van der Waals surface area contributed by atoms with Crippen LogP contribution in [-0.4, -0.2) is 58.1 Å². The molecule has 2 aliphatic heterocycles. The summed E-state index contributed by atoms with van der Waals surface area (Å²) >= 11 is 0. The average Bonchev–Trinajstić information content (AvgIpc) is 3.20. The second-order valence-corrected chi connectivity index (χ2v) is 8.57. The second-order valence-electron chi connectivity index (χ2n) is 8.57. The molecular weight excluding hydrogens is 425 g/mol. The van der Waals surface area contributed by atoms with Crippen LogP contribution >= 0.6 is 0 Å². The number of hydrogen-bond donors (Lipinski definition) is 1. The first-order chi connectivity index (χ1) is 16.0. The lowest BCUT2D eigenvalue weighted by Gasteiger charge is -2.34. The summed E-state index contributed by atoms with van der Waals surface area (Å²) in [6.07, 6.45) is 6.19. The molecule has 1 N–H and O–H groups in total. The zero-order valence-corrected chi connectivity index (χ0v) is 18.7. The fraction of sp³-hybridized carbons (Fsp3) is 0.417. The molecule has 4 heterocycles. The smallest absolute Gasteiger partial charge is 0.347 e. The summed E-state index contributed by atoms with van der Waals surface area (Å²) in [5.41, 5.74) is 2.08. The van der Waals surface area contributed by atoms with Gasteiger partial charge in [-0.2, -0.15) is 5.10 Å². The highest BCUT2D eigenvalue weighted by atomic mass is 19.1. The summed E-state index contributed by atoms with van der Waals surface area (Å²) < 4.78 is 27.8. The summed E-state index contributed by atoms with van der Waals surface area (Å²) in [7, 11) is 0. The van der Waals surface area contributed by atoms with E-state index in [1.165, 1.54) is 4.40 Å². The number of alkyl halides is 1. The molecule has 1 saturated heterocycles. The van der Waals surface area contributed by atoms with Crippen LogP contribution in [0.25, 0.3) is 5.65 Å². The number of nitrogens with one attached hydrogen (secondary N) is 1. The van der Waals surface area contributed by atoms with Crippen molar-refractivity contribution in [3.8, 4) is 5.75 Å². The van der Waals surface area contributed by atoms with Crippen LogP contribution in [0.4, 0.5) is 15.8 Å². The summed E-state index contributed by atoms with van der Waals surface area (Å²) in [6.45, 7) is 5.44. The van der Waals surface area contributed by atoms with Crippen LogP contribution in [0, 0.1) is 0 Å². The number of nitrogens with zero attached hydrogens (tertiary/aromatic N) is 4. The van der Waals surface area contributed by atoms with Crippen molar-refractivity contribution in [2.24, 2.45) is 0 Å². The third-order valence-corrected chi connectivity index (χ3v) is 6.30. The molecular formula is C24H28FN5O3. The molecule has 9 heteroatoms. The highest BCUT2D eigenvalue weighted by molar-refractivity contribution is 5.72. The fourth-order valence-electron chi connectivity index (χ4n) is 4.50. The first-order valence-corrected chi connectivity index (χ1v) is 11.3. The van der Waals surface area contributed by atoms with E-state index in [0.29, 0.717) is 58.1 Å². The predicted molar refractivity (Wildman–Crippen MR) is 124 cm³/mol. The number of H-pyrrole nitrogens is 1. The summed E-state index contributed by atoms with van der Waals surface area (Å²) in [4.78, 5) is 16.0. The molecule has 174 valence electrons. The summed E-state index contributed by atoms with van der Waals surface area (Å²) in [6, 6.07) is 9.85. The lowest BCUT2D eigenvalue weighted by Crippen LogP contribution is -2.41. The van der Waals surface area contributed by atoms with E-state index >= 15 is 0 Å². The van der Waals surface area contributed by atoms with Crippen LogP contribution in [0.3, 0.4) is 0 Å². The normalized spacial score (nSPS) is 18.5. The molecule has 0 unspecified atom stereocenters. The fourth-order valence-corrected chi connectivity index (χ4v) is 4.50. The number of pyridine rings is 1. The maximum absolute atomic E-state index is 14.5. The van der Waals surface area contributed by atoms with Crippen molar-refractivity contribution in [2.75, 3.05) is 37.9 Å². The zero-order chi connectivity index (χ0) is 22.8. The van der Waals surface area contributed by atoms with Crippen molar-refractivity contribution in [3.05, 3.63) is 64.7 Å². The van der Waals surface area contributed by atoms with Crippen molar-refractivity contribution < 1.29 is 13.9 Å². The van der Waals surface area contributed by atoms with Crippen molar-refractivity contribution in [3.63, 3.8) is 0 Å². The molecule has 0 aliphatic carbocycles. The van der Waals surface area contributed by atoms with Gasteiger partial charge in [0.25, 0.3) is 0 Å². The standard InChI is InChI=1S/C24H28FN5O3/c1-2-6-24(25)7-10-28(11-8-24)17-32-16-18-3-4-20-21(14-18)33-13-12-29(20)19-5-9-30-22(15-19)26-27-23(30)31/h2-6,9,14-15H,7-8,10-13,16-17H2,1H3,(H,27,31)/b6-2+. The Morgan fingerprint density at radius 1 is 1.24 bits per heavy atom. The third kappa shape index (κ3) is 4.51. The van der Waals surface area contributed by atoms with Gasteiger partial charge in [0.05, 0.1) is 25.6 Å². The first-order valence-electron chi connectivity index (χ1n) is 11.3. The van der Waals surface area contributed by atoms with Crippen LogP contribution in [0.2, 0.25) is 0 Å². The largest absolute Gasteiger partial charge is 0.490 e. The lowest BCUT2D eigenvalue weighted by molar-refractivity contribution is -0.0129. The van der Waals surface area contributed by atoms with Gasteiger partial charge in [-0.25, -0.2) is 14.3 Å². The van der Waals surface area contributed by atoms with Gasteiger partial charge in [-0.1, -0.05) is 18.2 Å². The Morgan fingerprint density at radius 2 is 2.09 bits per heavy atom. The third-order valence-electron chi connectivity index (χ3n) is 6.30.